The summed E-state index contributed by atoms with van der Waals surface area (Å²) in [5.74, 6) is -0.931. The Balaban J connectivity index is 1.40. The lowest BCUT2D eigenvalue weighted by Crippen LogP contribution is -2.33. The van der Waals surface area contributed by atoms with Gasteiger partial charge in [-0.15, -0.1) is 0 Å². The van der Waals surface area contributed by atoms with Gasteiger partial charge in [0.2, 0.25) is 0 Å². The summed E-state index contributed by atoms with van der Waals surface area (Å²) in [5.41, 5.74) is 1.84. The second kappa shape index (κ2) is 10.1. The van der Waals surface area contributed by atoms with Crippen LogP contribution in [0.3, 0.4) is 0 Å². The Morgan fingerprint density at radius 2 is 1.75 bits per heavy atom. The SMILES string of the molecule is CN(c1ccc(NC(=O)c2cccc(NC(=O)C3CCCO3)c2)cc1F)C1CCCCC1. The number of halogens is 1. The number of hydrogen-bond donors (Lipinski definition) is 2. The number of carbonyl (C=O) groups is 2. The highest BCUT2D eigenvalue weighted by atomic mass is 19.1. The molecule has 1 atom stereocenters. The molecule has 170 valence electrons. The van der Waals surface area contributed by atoms with Crippen molar-refractivity contribution in [3.8, 4) is 0 Å². The molecule has 32 heavy (non-hydrogen) atoms. The van der Waals surface area contributed by atoms with E-state index in [1.165, 1.54) is 25.3 Å². The summed E-state index contributed by atoms with van der Waals surface area (Å²) < 4.78 is 20.2. The van der Waals surface area contributed by atoms with E-state index in [4.69, 9.17) is 4.74 Å². The summed E-state index contributed by atoms with van der Waals surface area (Å²) in [4.78, 5) is 27.0. The summed E-state index contributed by atoms with van der Waals surface area (Å²) in [6.07, 6.45) is 6.88. The molecule has 2 aromatic rings. The molecule has 6 nitrogen and oxygen atoms in total. The summed E-state index contributed by atoms with van der Waals surface area (Å²) in [6.45, 7) is 0.590. The number of rotatable bonds is 6. The molecule has 0 spiro atoms. The third kappa shape index (κ3) is 5.27. The van der Waals surface area contributed by atoms with Gasteiger partial charge in [-0.25, -0.2) is 4.39 Å². The van der Waals surface area contributed by atoms with Crippen LogP contribution in [0.4, 0.5) is 21.5 Å². The molecule has 1 saturated heterocycles. The summed E-state index contributed by atoms with van der Waals surface area (Å²) in [6, 6.07) is 11.8. The van der Waals surface area contributed by atoms with Crippen LogP contribution >= 0.6 is 0 Å². The van der Waals surface area contributed by atoms with E-state index in [0.717, 1.165) is 19.3 Å². The van der Waals surface area contributed by atoms with Crippen molar-refractivity contribution in [2.75, 3.05) is 29.2 Å². The monoisotopic (exact) mass is 439 g/mol. The van der Waals surface area contributed by atoms with Gasteiger partial charge in [0.15, 0.2) is 0 Å². The van der Waals surface area contributed by atoms with Crippen LogP contribution in [0, 0.1) is 5.82 Å². The van der Waals surface area contributed by atoms with Crippen LogP contribution in [0.25, 0.3) is 0 Å². The molecule has 1 heterocycles. The van der Waals surface area contributed by atoms with Gasteiger partial charge < -0.3 is 20.3 Å². The molecular weight excluding hydrogens is 409 g/mol. The van der Waals surface area contributed by atoms with E-state index in [0.29, 0.717) is 41.7 Å². The van der Waals surface area contributed by atoms with E-state index in [1.807, 2.05) is 11.9 Å². The van der Waals surface area contributed by atoms with Crippen LogP contribution in [0.15, 0.2) is 42.5 Å². The molecule has 0 aromatic heterocycles. The number of benzene rings is 2. The summed E-state index contributed by atoms with van der Waals surface area (Å²) in [7, 11) is 1.93. The van der Waals surface area contributed by atoms with Crippen molar-refractivity contribution in [3.05, 3.63) is 53.8 Å². The predicted molar refractivity (Wildman–Crippen MR) is 124 cm³/mol. The van der Waals surface area contributed by atoms with Crippen LogP contribution in [-0.2, 0) is 9.53 Å². The van der Waals surface area contributed by atoms with Crippen molar-refractivity contribution >= 4 is 28.9 Å². The fourth-order valence-corrected chi connectivity index (χ4v) is 4.48. The van der Waals surface area contributed by atoms with Gasteiger partial charge in [-0.1, -0.05) is 25.3 Å². The van der Waals surface area contributed by atoms with Gasteiger partial charge in [-0.2, -0.15) is 0 Å². The number of nitrogens with zero attached hydrogens (tertiary/aromatic N) is 1. The third-order valence-corrected chi connectivity index (χ3v) is 6.32. The number of anilines is 3. The first kappa shape index (κ1) is 22.3. The van der Waals surface area contributed by atoms with Gasteiger partial charge in [-0.05, 0) is 62.1 Å². The van der Waals surface area contributed by atoms with Crippen LogP contribution in [0.5, 0.6) is 0 Å². The molecule has 0 bridgehead atoms. The van der Waals surface area contributed by atoms with Crippen molar-refractivity contribution in [1.29, 1.82) is 0 Å². The lowest BCUT2D eigenvalue weighted by molar-refractivity contribution is -0.124. The molecule has 2 aliphatic rings. The van der Waals surface area contributed by atoms with E-state index < -0.39 is 6.10 Å². The van der Waals surface area contributed by atoms with E-state index in [-0.39, 0.29) is 17.6 Å². The first-order valence-corrected chi connectivity index (χ1v) is 11.4. The molecule has 7 heteroatoms. The molecule has 2 N–H and O–H groups in total. The molecular formula is C25H30FN3O3. The smallest absolute Gasteiger partial charge is 0.255 e. The minimum atomic E-state index is -0.444. The average molecular weight is 440 g/mol. The molecule has 1 unspecified atom stereocenters. The van der Waals surface area contributed by atoms with Crippen LogP contribution < -0.4 is 15.5 Å². The minimum absolute atomic E-state index is 0.209. The number of amides is 2. The van der Waals surface area contributed by atoms with Gasteiger partial charge in [0.25, 0.3) is 11.8 Å². The lowest BCUT2D eigenvalue weighted by Gasteiger charge is -2.33. The van der Waals surface area contributed by atoms with Crippen molar-refractivity contribution in [1.82, 2.24) is 0 Å². The van der Waals surface area contributed by atoms with Crippen LogP contribution in [0.2, 0.25) is 0 Å². The zero-order valence-corrected chi connectivity index (χ0v) is 18.4. The Morgan fingerprint density at radius 1 is 0.969 bits per heavy atom. The topological polar surface area (TPSA) is 70.7 Å². The number of nitrogens with one attached hydrogen (secondary N) is 2. The van der Waals surface area contributed by atoms with E-state index in [1.54, 1.807) is 36.4 Å². The molecule has 1 saturated carbocycles. The second-order valence-corrected chi connectivity index (χ2v) is 8.59. The van der Waals surface area contributed by atoms with Crippen molar-refractivity contribution < 1.29 is 18.7 Å². The fourth-order valence-electron chi connectivity index (χ4n) is 4.48. The first-order valence-electron chi connectivity index (χ1n) is 11.4. The Hall–Kier alpha value is -2.93. The minimum Gasteiger partial charge on any atom is -0.369 e. The third-order valence-electron chi connectivity index (χ3n) is 6.32. The molecule has 2 fully saturated rings. The van der Waals surface area contributed by atoms with Crippen molar-refractivity contribution in [2.45, 2.75) is 57.1 Å². The lowest BCUT2D eigenvalue weighted by atomic mass is 9.94. The number of hydrogen-bond acceptors (Lipinski definition) is 4. The normalized spacial score (nSPS) is 18.9. The van der Waals surface area contributed by atoms with Crippen molar-refractivity contribution in [2.24, 2.45) is 0 Å². The molecule has 1 aliphatic heterocycles. The Bertz CT molecular complexity index is 969. The Morgan fingerprint density at radius 3 is 2.47 bits per heavy atom. The molecule has 0 radical (unpaired) electrons. The summed E-state index contributed by atoms with van der Waals surface area (Å²) >= 11 is 0. The molecule has 4 rings (SSSR count). The van der Waals surface area contributed by atoms with Gasteiger partial charge in [0, 0.05) is 36.6 Å². The average Bonchev–Trinajstić information content (AvgIpc) is 3.35. The van der Waals surface area contributed by atoms with Gasteiger partial charge in [0.05, 0.1) is 5.69 Å². The van der Waals surface area contributed by atoms with Gasteiger partial charge in [0.1, 0.15) is 11.9 Å². The Kier molecular flexibility index (Phi) is 7.05. The molecule has 2 aromatic carbocycles. The maximum atomic E-state index is 14.8. The van der Waals surface area contributed by atoms with E-state index in [9.17, 15) is 14.0 Å². The highest BCUT2D eigenvalue weighted by Crippen LogP contribution is 2.29. The second-order valence-electron chi connectivity index (χ2n) is 8.59. The van der Waals surface area contributed by atoms with Crippen LogP contribution in [0.1, 0.15) is 55.3 Å². The Labute approximate surface area is 188 Å². The number of carbonyl (C=O) groups excluding carboxylic acids is 2. The number of ether oxygens (including phenoxy) is 1. The van der Waals surface area contributed by atoms with Gasteiger partial charge >= 0.3 is 0 Å². The highest BCUT2D eigenvalue weighted by Gasteiger charge is 2.24. The largest absolute Gasteiger partial charge is 0.369 e. The quantitative estimate of drug-likeness (QED) is 0.667. The van der Waals surface area contributed by atoms with Gasteiger partial charge in [-0.3, -0.25) is 9.59 Å². The highest BCUT2D eigenvalue weighted by molar-refractivity contribution is 6.05. The molecule has 2 amide bonds. The zero-order valence-electron chi connectivity index (χ0n) is 18.4. The fraction of sp³-hybridized carbons (Fsp3) is 0.440. The van der Waals surface area contributed by atoms with Crippen LogP contribution in [-0.4, -0.2) is 37.6 Å². The first-order chi connectivity index (χ1) is 15.5. The van der Waals surface area contributed by atoms with E-state index in [2.05, 4.69) is 10.6 Å². The summed E-state index contributed by atoms with van der Waals surface area (Å²) in [5, 5.41) is 5.54. The standard InChI is InChI=1S/C25H30FN3O3/c1-29(20-9-3-2-4-10-20)22-13-12-19(16-21(22)26)27-24(30)17-7-5-8-18(15-17)28-25(31)23-11-6-14-32-23/h5,7-8,12-13,15-16,20,23H,2-4,6,9-11,14H2,1H3,(H,27,30)(H,28,31). The zero-order chi connectivity index (χ0) is 22.5. The molecule has 1 aliphatic carbocycles. The maximum Gasteiger partial charge on any atom is 0.255 e. The van der Waals surface area contributed by atoms with E-state index >= 15 is 0 Å². The predicted octanol–water partition coefficient (Wildman–Crippen LogP) is 4.96. The van der Waals surface area contributed by atoms with Crippen molar-refractivity contribution in [3.63, 3.8) is 0 Å². The maximum absolute atomic E-state index is 14.8.